The largest absolute Gasteiger partial charge is 0.494 e. The van der Waals surface area contributed by atoms with E-state index < -0.39 is 0 Å². The molecular formula is C15H23NO3. The van der Waals surface area contributed by atoms with Crippen LogP contribution in [0.25, 0.3) is 0 Å². The summed E-state index contributed by atoms with van der Waals surface area (Å²) < 4.78 is 16.4. The summed E-state index contributed by atoms with van der Waals surface area (Å²) in [5.74, 6) is 1.63. The predicted molar refractivity (Wildman–Crippen MR) is 77.0 cm³/mol. The highest BCUT2D eigenvalue weighted by molar-refractivity contribution is 5.32. The van der Waals surface area contributed by atoms with Crippen molar-refractivity contribution in [2.75, 3.05) is 39.5 Å². The number of rotatable bonds is 11. The molecule has 4 heteroatoms. The lowest BCUT2D eigenvalue weighted by atomic mass is 10.3. The summed E-state index contributed by atoms with van der Waals surface area (Å²) in [7, 11) is 0. The third-order valence-corrected chi connectivity index (χ3v) is 2.32. The number of benzene rings is 1. The quantitative estimate of drug-likeness (QED) is 0.492. The van der Waals surface area contributed by atoms with E-state index in [0.717, 1.165) is 24.6 Å². The number of hydrogen-bond donors (Lipinski definition) is 1. The molecule has 0 amide bonds. The minimum Gasteiger partial charge on any atom is -0.494 e. The number of ether oxygens (including phenoxy) is 3. The minimum absolute atomic E-state index is 0.539. The fourth-order valence-corrected chi connectivity index (χ4v) is 1.49. The molecule has 0 radical (unpaired) electrons. The van der Waals surface area contributed by atoms with Crippen molar-refractivity contribution in [3.63, 3.8) is 0 Å². The van der Waals surface area contributed by atoms with E-state index in [9.17, 15) is 0 Å². The van der Waals surface area contributed by atoms with Gasteiger partial charge in [-0.25, -0.2) is 0 Å². The van der Waals surface area contributed by atoms with Gasteiger partial charge in [0.2, 0.25) is 0 Å². The molecule has 0 spiro atoms. The van der Waals surface area contributed by atoms with Gasteiger partial charge in [0.25, 0.3) is 0 Å². The van der Waals surface area contributed by atoms with Crippen LogP contribution in [0.3, 0.4) is 0 Å². The second-order valence-corrected chi connectivity index (χ2v) is 3.86. The Morgan fingerprint density at radius 1 is 1.16 bits per heavy atom. The number of hydrogen-bond acceptors (Lipinski definition) is 4. The fourth-order valence-electron chi connectivity index (χ4n) is 1.49. The van der Waals surface area contributed by atoms with Gasteiger partial charge in [-0.15, -0.1) is 6.58 Å². The second kappa shape index (κ2) is 10.4. The van der Waals surface area contributed by atoms with Crippen molar-refractivity contribution in [1.82, 2.24) is 5.32 Å². The fraction of sp³-hybridized carbons (Fsp3) is 0.467. The molecule has 1 N–H and O–H groups in total. The van der Waals surface area contributed by atoms with Crippen molar-refractivity contribution >= 4 is 0 Å². The Hall–Kier alpha value is -1.52. The molecule has 0 bridgehead atoms. The van der Waals surface area contributed by atoms with E-state index >= 15 is 0 Å². The molecular weight excluding hydrogens is 242 g/mol. The van der Waals surface area contributed by atoms with Gasteiger partial charge in [0.15, 0.2) is 0 Å². The van der Waals surface area contributed by atoms with Crippen LogP contribution in [0.15, 0.2) is 36.9 Å². The topological polar surface area (TPSA) is 39.7 Å². The normalized spacial score (nSPS) is 10.2. The molecule has 0 aliphatic carbocycles. The van der Waals surface area contributed by atoms with Crippen LogP contribution < -0.4 is 14.8 Å². The maximum atomic E-state index is 5.58. The Labute approximate surface area is 115 Å². The lowest BCUT2D eigenvalue weighted by Crippen LogP contribution is -2.20. The van der Waals surface area contributed by atoms with Crippen LogP contribution in [0, 0.1) is 0 Å². The Kier molecular flexibility index (Phi) is 8.51. The van der Waals surface area contributed by atoms with Gasteiger partial charge in [0.05, 0.1) is 19.8 Å². The maximum Gasteiger partial charge on any atom is 0.123 e. The lowest BCUT2D eigenvalue weighted by Gasteiger charge is -2.09. The molecule has 0 aliphatic heterocycles. The van der Waals surface area contributed by atoms with Gasteiger partial charge in [-0.1, -0.05) is 12.1 Å². The van der Waals surface area contributed by atoms with E-state index in [4.69, 9.17) is 14.2 Å². The molecule has 0 saturated heterocycles. The highest BCUT2D eigenvalue weighted by atomic mass is 16.5. The van der Waals surface area contributed by atoms with E-state index in [-0.39, 0.29) is 0 Å². The first-order valence-corrected chi connectivity index (χ1v) is 6.62. The summed E-state index contributed by atoms with van der Waals surface area (Å²) in [6, 6.07) is 7.63. The summed E-state index contributed by atoms with van der Waals surface area (Å²) in [6.07, 6.45) is 1.83. The molecule has 106 valence electrons. The molecule has 1 rings (SSSR count). The van der Waals surface area contributed by atoms with Crippen molar-refractivity contribution in [2.24, 2.45) is 0 Å². The van der Waals surface area contributed by atoms with Gasteiger partial charge in [-0.2, -0.15) is 0 Å². The van der Waals surface area contributed by atoms with Crippen LogP contribution in [0.4, 0.5) is 0 Å². The van der Waals surface area contributed by atoms with Gasteiger partial charge in [0, 0.05) is 19.2 Å². The van der Waals surface area contributed by atoms with Crippen LogP contribution in [-0.2, 0) is 4.74 Å². The van der Waals surface area contributed by atoms with Gasteiger partial charge in [0.1, 0.15) is 18.1 Å². The van der Waals surface area contributed by atoms with Crippen LogP contribution in [0.2, 0.25) is 0 Å². The summed E-state index contributed by atoms with van der Waals surface area (Å²) in [6.45, 7) is 9.67. The third-order valence-electron chi connectivity index (χ3n) is 2.32. The van der Waals surface area contributed by atoms with Crippen molar-refractivity contribution < 1.29 is 14.2 Å². The Balaban J connectivity index is 2.08. The number of nitrogens with one attached hydrogen (secondary N) is 1. The minimum atomic E-state index is 0.539. The average Bonchev–Trinajstić information content (AvgIpc) is 2.43. The zero-order chi connectivity index (χ0) is 13.8. The molecule has 0 aromatic heterocycles. The molecule has 0 atom stereocenters. The molecule has 4 nitrogen and oxygen atoms in total. The van der Waals surface area contributed by atoms with E-state index in [0.29, 0.717) is 26.4 Å². The van der Waals surface area contributed by atoms with Crippen LogP contribution in [0.5, 0.6) is 11.5 Å². The van der Waals surface area contributed by atoms with E-state index in [1.54, 1.807) is 0 Å². The van der Waals surface area contributed by atoms with Gasteiger partial charge < -0.3 is 19.5 Å². The first kappa shape index (κ1) is 15.5. The summed E-state index contributed by atoms with van der Waals surface area (Å²) in [4.78, 5) is 0. The van der Waals surface area contributed by atoms with Crippen molar-refractivity contribution in [1.29, 1.82) is 0 Å². The van der Waals surface area contributed by atoms with Gasteiger partial charge in [-0.3, -0.25) is 0 Å². The molecule has 0 aliphatic rings. The zero-order valence-corrected chi connectivity index (χ0v) is 11.6. The smallest absolute Gasteiger partial charge is 0.123 e. The summed E-state index contributed by atoms with van der Waals surface area (Å²) in [5.41, 5.74) is 0. The third kappa shape index (κ3) is 7.49. The molecule has 19 heavy (non-hydrogen) atoms. The monoisotopic (exact) mass is 265 g/mol. The first-order chi connectivity index (χ1) is 9.36. The zero-order valence-electron chi connectivity index (χ0n) is 11.6. The summed E-state index contributed by atoms with van der Waals surface area (Å²) in [5, 5.41) is 3.16. The van der Waals surface area contributed by atoms with Crippen LogP contribution >= 0.6 is 0 Å². The molecule has 1 aromatic carbocycles. The van der Waals surface area contributed by atoms with Gasteiger partial charge >= 0.3 is 0 Å². The summed E-state index contributed by atoms with van der Waals surface area (Å²) >= 11 is 0. The van der Waals surface area contributed by atoms with Crippen molar-refractivity contribution in [2.45, 2.75) is 6.92 Å². The van der Waals surface area contributed by atoms with Crippen molar-refractivity contribution in [3.05, 3.63) is 36.9 Å². The Bertz CT molecular complexity index is 355. The standard InChI is InChI=1S/C15H23NO3/c1-3-8-16-9-10-17-11-12-19-15-7-5-6-14(13-15)18-4-2/h3,5-7,13,16H,1,4,8-12H2,2H3. The van der Waals surface area contributed by atoms with Crippen molar-refractivity contribution in [3.8, 4) is 11.5 Å². The molecule has 0 unspecified atom stereocenters. The Morgan fingerprint density at radius 3 is 2.68 bits per heavy atom. The highest BCUT2D eigenvalue weighted by Gasteiger charge is 1.97. The predicted octanol–water partition coefficient (Wildman–Crippen LogP) is 2.26. The highest BCUT2D eigenvalue weighted by Crippen LogP contribution is 2.19. The van der Waals surface area contributed by atoms with E-state index in [1.807, 2.05) is 37.3 Å². The van der Waals surface area contributed by atoms with E-state index in [2.05, 4.69) is 11.9 Å². The molecule has 0 saturated carbocycles. The van der Waals surface area contributed by atoms with Gasteiger partial charge in [-0.05, 0) is 19.1 Å². The van der Waals surface area contributed by atoms with Crippen LogP contribution in [0.1, 0.15) is 6.92 Å². The first-order valence-electron chi connectivity index (χ1n) is 6.62. The van der Waals surface area contributed by atoms with E-state index in [1.165, 1.54) is 0 Å². The molecule has 0 heterocycles. The maximum absolute atomic E-state index is 5.58. The second-order valence-electron chi connectivity index (χ2n) is 3.86. The SMILES string of the molecule is C=CCNCCOCCOc1cccc(OCC)c1. The molecule has 1 aromatic rings. The molecule has 0 fully saturated rings. The lowest BCUT2D eigenvalue weighted by molar-refractivity contribution is 0.102. The average molecular weight is 265 g/mol. The Morgan fingerprint density at radius 2 is 1.95 bits per heavy atom. The van der Waals surface area contributed by atoms with Crippen LogP contribution in [-0.4, -0.2) is 39.5 Å².